The van der Waals surface area contributed by atoms with Crippen LogP contribution in [0.3, 0.4) is 0 Å². The highest BCUT2D eigenvalue weighted by atomic mass is 16.1. The maximum Gasteiger partial charge on any atom is 0.251 e. The number of hydrogen-bond acceptors (Lipinski definition) is 5. The monoisotopic (exact) mass is 429 g/mol. The minimum absolute atomic E-state index is 0.0323. The number of carbonyl (C=O) groups is 1. The van der Waals surface area contributed by atoms with Crippen molar-refractivity contribution in [3.63, 3.8) is 0 Å². The molecule has 32 heavy (non-hydrogen) atoms. The van der Waals surface area contributed by atoms with Crippen molar-refractivity contribution < 1.29 is 4.79 Å². The summed E-state index contributed by atoms with van der Waals surface area (Å²) in [6.07, 6.45) is 6.74. The normalized spacial score (nSPS) is 14.5. The van der Waals surface area contributed by atoms with Gasteiger partial charge in [-0.3, -0.25) is 4.79 Å². The molecule has 0 spiro atoms. The average Bonchev–Trinajstić information content (AvgIpc) is 3.09. The van der Waals surface area contributed by atoms with Crippen LogP contribution in [0.15, 0.2) is 60.9 Å². The zero-order chi connectivity index (χ0) is 22.2. The topological polar surface area (TPSA) is 70.2 Å². The summed E-state index contributed by atoms with van der Waals surface area (Å²) in [7, 11) is 0. The van der Waals surface area contributed by atoms with Crippen LogP contribution in [0.25, 0.3) is 11.3 Å². The van der Waals surface area contributed by atoms with Crippen LogP contribution in [0.2, 0.25) is 0 Å². The van der Waals surface area contributed by atoms with Gasteiger partial charge < -0.3 is 15.5 Å². The third-order valence-electron chi connectivity index (χ3n) is 5.85. The van der Waals surface area contributed by atoms with E-state index in [2.05, 4.69) is 56.7 Å². The van der Waals surface area contributed by atoms with Gasteiger partial charge in [-0.05, 0) is 57.1 Å². The highest BCUT2D eigenvalue weighted by Gasteiger charge is 2.10. The van der Waals surface area contributed by atoms with Crippen molar-refractivity contribution in [1.82, 2.24) is 20.2 Å². The summed E-state index contributed by atoms with van der Waals surface area (Å²) in [6.45, 7) is 5.95. The van der Waals surface area contributed by atoms with Crippen molar-refractivity contribution in [2.45, 2.75) is 32.6 Å². The van der Waals surface area contributed by atoms with E-state index in [0.717, 1.165) is 36.6 Å². The van der Waals surface area contributed by atoms with Crippen molar-refractivity contribution in [1.29, 1.82) is 0 Å². The zero-order valence-corrected chi connectivity index (χ0v) is 18.7. The van der Waals surface area contributed by atoms with Gasteiger partial charge in [-0.1, -0.05) is 42.7 Å². The SMILES string of the molecule is Cc1ccc(-c2cc(Nc3ccc(C(=O)NCCN4CCCCCC4)cc3)ncn2)cc1. The summed E-state index contributed by atoms with van der Waals surface area (Å²) in [6, 6.07) is 17.7. The molecule has 1 aromatic heterocycles. The molecule has 6 nitrogen and oxygen atoms in total. The zero-order valence-electron chi connectivity index (χ0n) is 18.7. The molecule has 1 aliphatic rings. The second-order valence-corrected chi connectivity index (χ2v) is 8.37. The number of nitrogens with zero attached hydrogens (tertiary/aromatic N) is 3. The lowest BCUT2D eigenvalue weighted by Gasteiger charge is -2.19. The first-order valence-corrected chi connectivity index (χ1v) is 11.4. The standard InChI is InChI=1S/C26H31N5O/c1-20-6-8-21(9-7-20)24-18-25(29-19-28-24)30-23-12-10-22(11-13-23)26(32)27-14-17-31-15-4-2-3-5-16-31/h6-13,18-19H,2-5,14-17H2,1H3,(H,27,32)(H,28,29,30). The van der Waals surface area contributed by atoms with E-state index in [9.17, 15) is 4.79 Å². The van der Waals surface area contributed by atoms with Crippen LogP contribution in [0.5, 0.6) is 0 Å². The summed E-state index contributed by atoms with van der Waals surface area (Å²) in [5.74, 6) is 0.681. The molecule has 0 unspecified atom stereocenters. The molecule has 0 aliphatic carbocycles. The maximum atomic E-state index is 12.5. The number of aromatic nitrogens is 2. The molecule has 166 valence electrons. The molecule has 4 rings (SSSR count). The molecule has 6 heteroatoms. The average molecular weight is 430 g/mol. The first-order chi connectivity index (χ1) is 15.7. The number of hydrogen-bond donors (Lipinski definition) is 2. The van der Waals surface area contributed by atoms with Gasteiger partial charge in [-0.25, -0.2) is 9.97 Å². The van der Waals surface area contributed by atoms with Gasteiger partial charge in [0.2, 0.25) is 0 Å². The van der Waals surface area contributed by atoms with E-state index in [0.29, 0.717) is 17.9 Å². The lowest BCUT2D eigenvalue weighted by atomic mass is 10.1. The fourth-order valence-corrected chi connectivity index (χ4v) is 3.95. The second-order valence-electron chi connectivity index (χ2n) is 8.37. The quantitative estimate of drug-likeness (QED) is 0.564. The second kappa shape index (κ2) is 10.9. The molecule has 3 aromatic rings. The molecule has 0 bridgehead atoms. The Bertz CT molecular complexity index is 1010. The minimum Gasteiger partial charge on any atom is -0.351 e. The molecule has 0 atom stereocenters. The van der Waals surface area contributed by atoms with E-state index in [4.69, 9.17) is 0 Å². The largest absolute Gasteiger partial charge is 0.351 e. The molecule has 2 N–H and O–H groups in total. The third-order valence-corrected chi connectivity index (χ3v) is 5.85. The summed E-state index contributed by atoms with van der Waals surface area (Å²) < 4.78 is 0. The molecular weight excluding hydrogens is 398 g/mol. The Balaban J connectivity index is 1.31. The molecule has 0 radical (unpaired) electrons. The van der Waals surface area contributed by atoms with Crippen molar-refractivity contribution >= 4 is 17.4 Å². The van der Waals surface area contributed by atoms with E-state index >= 15 is 0 Å². The Labute approximate surface area is 190 Å². The summed E-state index contributed by atoms with van der Waals surface area (Å²) in [4.78, 5) is 23.6. The summed E-state index contributed by atoms with van der Waals surface area (Å²) in [5.41, 5.74) is 4.66. The van der Waals surface area contributed by atoms with Gasteiger partial charge in [0.25, 0.3) is 5.91 Å². The van der Waals surface area contributed by atoms with E-state index in [-0.39, 0.29) is 5.91 Å². The molecule has 1 saturated heterocycles. The molecule has 0 saturated carbocycles. The number of amides is 1. The fourth-order valence-electron chi connectivity index (χ4n) is 3.95. The third kappa shape index (κ3) is 6.14. The van der Waals surface area contributed by atoms with E-state index in [1.165, 1.54) is 31.2 Å². The number of nitrogens with one attached hydrogen (secondary N) is 2. The number of aryl methyl sites for hydroxylation is 1. The minimum atomic E-state index is -0.0323. The number of anilines is 2. The van der Waals surface area contributed by atoms with Crippen LogP contribution < -0.4 is 10.6 Å². The first kappa shape index (κ1) is 22.0. The lowest BCUT2D eigenvalue weighted by Crippen LogP contribution is -2.35. The van der Waals surface area contributed by atoms with Crippen LogP contribution in [0.4, 0.5) is 11.5 Å². The number of likely N-dealkylation sites (tertiary alicyclic amines) is 1. The van der Waals surface area contributed by atoms with Crippen molar-refractivity contribution in [2.75, 3.05) is 31.5 Å². The van der Waals surface area contributed by atoms with Gasteiger partial charge in [0.05, 0.1) is 5.69 Å². The summed E-state index contributed by atoms with van der Waals surface area (Å²) >= 11 is 0. The fraction of sp³-hybridized carbons (Fsp3) is 0.346. The number of carbonyl (C=O) groups excluding carboxylic acids is 1. The van der Waals surface area contributed by atoms with Crippen LogP contribution in [-0.2, 0) is 0 Å². The Morgan fingerprint density at radius 1 is 0.938 bits per heavy atom. The first-order valence-electron chi connectivity index (χ1n) is 11.4. The van der Waals surface area contributed by atoms with Gasteiger partial charge >= 0.3 is 0 Å². The van der Waals surface area contributed by atoms with Crippen LogP contribution >= 0.6 is 0 Å². The van der Waals surface area contributed by atoms with Crippen molar-refractivity contribution in [2.24, 2.45) is 0 Å². The molecular formula is C26H31N5O. The Morgan fingerprint density at radius 3 is 2.38 bits per heavy atom. The molecule has 1 fully saturated rings. The van der Waals surface area contributed by atoms with Gasteiger partial charge in [-0.2, -0.15) is 0 Å². The van der Waals surface area contributed by atoms with E-state index in [1.807, 2.05) is 30.3 Å². The molecule has 1 aliphatic heterocycles. The summed E-state index contributed by atoms with van der Waals surface area (Å²) in [5, 5.41) is 6.34. The lowest BCUT2D eigenvalue weighted by molar-refractivity contribution is 0.0948. The van der Waals surface area contributed by atoms with E-state index < -0.39 is 0 Å². The predicted octanol–water partition coefficient (Wildman–Crippen LogP) is 4.80. The van der Waals surface area contributed by atoms with Gasteiger partial charge in [0, 0.05) is 36.0 Å². The highest BCUT2D eigenvalue weighted by Crippen LogP contribution is 2.21. The van der Waals surface area contributed by atoms with Crippen LogP contribution in [0, 0.1) is 6.92 Å². The van der Waals surface area contributed by atoms with Gasteiger partial charge in [0.1, 0.15) is 12.1 Å². The van der Waals surface area contributed by atoms with Crippen molar-refractivity contribution in [3.05, 3.63) is 72.1 Å². The smallest absolute Gasteiger partial charge is 0.251 e. The Kier molecular flexibility index (Phi) is 7.46. The highest BCUT2D eigenvalue weighted by molar-refractivity contribution is 5.94. The molecule has 1 amide bonds. The molecule has 2 aromatic carbocycles. The van der Waals surface area contributed by atoms with E-state index in [1.54, 1.807) is 6.33 Å². The Hall–Kier alpha value is -3.25. The number of rotatable bonds is 7. The number of benzene rings is 2. The van der Waals surface area contributed by atoms with Gasteiger partial charge in [0.15, 0.2) is 0 Å². The van der Waals surface area contributed by atoms with Crippen molar-refractivity contribution in [3.8, 4) is 11.3 Å². The van der Waals surface area contributed by atoms with Crippen LogP contribution in [-0.4, -0.2) is 47.0 Å². The predicted molar refractivity (Wildman–Crippen MR) is 129 cm³/mol. The van der Waals surface area contributed by atoms with Crippen LogP contribution in [0.1, 0.15) is 41.6 Å². The maximum absolute atomic E-state index is 12.5. The molecule has 2 heterocycles. The van der Waals surface area contributed by atoms with Gasteiger partial charge in [-0.15, -0.1) is 0 Å². The Morgan fingerprint density at radius 2 is 1.66 bits per heavy atom.